The Morgan fingerprint density at radius 2 is 2.06 bits per heavy atom. The molecule has 0 fully saturated rings. The standard InChI is InChI=1S/C23H18FN5O2/c24-20-14-17(6-8-21(20)31-19-5-3-11-25-15-19)7-9-23(30)27-22-10-13-29(28-22)16-18-4-1-2-12-26-18/h1-15H,16H2,(H,27,28,30)/b9-7+. The minimum Gasteiger partial charge on any atom is -0.453 e. The van der Waals surface area contributed by atoms with E-state index in [1.165, 1.54) is 30.5 Å². The summed E-state index contributed by atoms with van der Waals surface area (Å²) in [5.41, 5.74) is 1.38. The molecule has 0 atom stereocenters. The first-order chi connectivity index (χ1) is 15.2. The van der Waals surface area contributed by atoms with E-state index in [4.69, 9.17) is 4.74 Å². The van der Waals surface area contributed by atoms with Crippen LogP contribution in [0, 0.1) is 5.82 Å². The van der Waals surface area contributed by atoms with Crippen molar-refractivity contribution in [3.8, 4) is 11.5 Å². The number of pyridine rings is 2. The van der Waals surface area contributed by atoms with Crippen molar-refractivity contribution in [2.24, 2.45) is 0 Å². The molecular weight excluding hydrogens is 397 g/mol. The average molecular weight is 415 g/mol. The smallest absolute Gasteiger partial charge is 0.249 e. The number of aromatic nitrogens is 4. The topological polar surface area (TPSA) is 81.9 Å². The molecule has 0 bridgehead atoms. The third kappa shape index (κ3) is 5.60. The van der Waals surface area contributed by atoms with Gasteiger partial charge in [-0.3, -0.25) is 19.4 Å². The summed E-state index contributed by atoms with van der Waals surface area (Å²) in [7, 11) is 0. The van der Waals surface area contributed by atoms with Crippen LogP contribution >= 0.6 is 0 Å². The lowest BCUT2D eigenvalue weighted by atomic mass is 10.2. The number of ether oxygens (including phenoxy) is 1. The molecule has 0 aliphatic carbocycles. The SMILES string of the molecule is O=C(/C=C/c1ccc(Oc2cccnc2)c(F)c1)Nc1ccn(Cc2ccccn2)n1. The third-order valence-corrected chi connectivity index (χ3v) is 4.19. The van der Waals surface area contributed by atoms with Gasteiger partial charge in [0.05, 0.1) is 18.4 Å². The first-order valence-electron chi connectivity index (χ1n) is 9.45. The van der Waals surface area contributed by atoms with Crippen molar-refractivity contribution in [1.82, 2.24) is 19.7 Å². The summed E-state index contributed by atoms with van der Waals surface area (Å²) < 4.78 is 21.4. The molecule has 3 aromatic heterocycles. The van der Waals surface area contributed by atoms with E-state index in [2.05, 4.69) is 20.4 Å². The molecule has 1 amide bonds. The number of hydrogen-bond acceptors (Lipinski definition) is 5. The third-order valence-electron chi connectivity index (χ3n) is 4.19. The van der Waals surface area contributed by atoms with Crippen molar-refractivity contribution in [1.29, 1.82) is 0 Å². The zero-order valence-corrected chi connectivity index (χ0v) is 16.4. The largest absolute Gasteiger partial charge is 0.453 e. The van der Waals surface area contributed by atoms with Crippen LogP contribution in [0.5, 0.6) is 11.5 Å². The second-order valence-corrected chi connectivity index (χ2v) is 6.52. The Hall–Kier alpha value is -4.33. The van der Waals surface area contributed by atoms with Crippen molar-refractivity contribution < 1.29 is 13.9 Å². The molecule has 0 saturated carbocycles. The summed E-state index contributed by atoms with van der Waals surface area (Å²) in [4.78, 5) is 20.3. The first kappa shape index (κ1) is 20.0. The predicted molar refractivity (Wildman–Crippen MR) is 114 cm³/mol. The molecule has 1 N–H and O–H groups in total. The van der Waals surface area contributed by atoms with Crippen LogP contribution in [0.3, 0.4) is 0 Å². The second-order valence-electron chi connectivity index (χ2n) is 6.52. The van der Waals surface area contributed by atoms with E-state index in [0.717, 1.165) is 5.69 Å². The number of carbonyl (C=O) groups is 1. The summed E-state index contributed by atoms with van der Waals surface area (Å²) in [5.74, 6) is 0.00966. The number of carbonyl (C=O) groups excluding carboxylic acids is 1. The molecule has 0 unspecified atom stereocenters. The first-order valence-corrected chi connectivity index (χ1v) is 9.45. The average Bonchev–Trinajstić information content (AvgIpc) is 3.22. The highest BCUT2D eigenvalue weighted by molar-refractivity contribution is 6.01. The van der Waals surface area contributed by atoms with Crippen LogP contribution in [-0.2, 0) is 11.3 Å². The quantitative estimate of drug-likeness (QED) is 0.455. The van der Waals surface area contributed by atoms with Gasteiger partial charge >= 0.3 is 0 Å². The van der Waals surface area contributed by atoms with Crippen molar-refractivity contribution in [3.05, 3.63) is 103 Å². The van der Waals surface area contributed by atoms with E-state index in [0.29, 0.717) is 23.7 Å². The van der Waals surface area contributed by atoms with Crippen LogP contribution in [0.4, 0.5) is 10.2 Å². The minimum absolute atomic E-state index is 0.0769. The molecule has 4 rings (SSSR count). The van der Waals surface area contributed by atoms with Gasteiger partial charge in [-0.1, -0.05) is 12.1 Å². The molecule has 0 aliphatic heterocycles. The molecule has 8 heteroatoms. The lowest BCUT2D eigenvalue weighted by molar-refractivity contribution is -0.111. The summed E-state index contributed by atoms with van der Waals surface area (Å²) >= 11 is 0. The van der Waals surface area contributed by atoms with Gasteiger partial charge in [-0.2, -0.15) is 5.10 Å². The predicted octanol–water partition coefficient (Wildman–Crippen LogP) is 4.30. The Morgan fingerprint density at radius 3 is 2.84 bits per heavy atom. The van der Waals surface area contributed by atoms with Gasteiger partial charge in [-0.05, 0) is 48.0 Å². The van der Waals surface area contributed by atoms with Gasteiger partial charge in [0, 0.05) is 30.7 Å². The molecule has 0 radical (unpaired) electrons. The van der Waals surface area contributed by atoms with E-state index in [9.17, 15) is 9.18 Å². The number of benzene rings is 1. The van der Waals surface area contributed by atoms with Crippen molar-refractivity contribution in [2.75, 3.05) is 5.32 Å². The molecule has 7 nitrogen and oxygen atoms in total. The molecule has 154 valence electrons. The van der Waals surface area contributed by atoms with Gasteiger partial charge in [-0.25, -0.2) is 4.39 Å². The van der Waals surface area contributed by atoms with Crippen LogP contribution in [0.2, 0.25) is 0 Å². The number of hydrogen-bond donors (Lipinski definition) is 1. The summed E-state index contributed by atoms with van der Waals surface area (Å²) in [5, 5.41) is 6.97. The van der Waals surface area contributed by atoms with E-state index in [1.807, 2.05) is 18.2 Å². The van der Waals surface area contributed by atoms with Gasteiger partial charge in [0.1, 0.15) is 5.75 Å². The van der Waals surface area contributed by atoms with Crippen LogP contribution in [-0.4, -0.2) is 25.7 Å². The summed E-state index contributed by atoms with van der Waals surface area (Å²) in [6.07, 6.45) is 9.39. The maximum Gasteiger partial charge on any atom is 0.249 e. The fourth-order valence-electron chi connectivity index (χ4n) is 2.75. The molecule has 3 heterocycles. The Kier molecular flexibility index (Phi) is 6.08. The highest BCUT2D eigenvalue weighted by Crippen LogP contribution is 2.24. The Morgan fingerprint density at radius 1 is 1.13 bits per heavy atom. The number of nitrogens with zero attached hydrogens (tertiary/aromatic N) is 4. The highest BCUT2D eigenvalue weighted by Gasteiger charge is 2.07. The van der Waals surface area contributed by atoms with Gasteiger partial charge in [-0.15, -0.1) is 0 Å². The van der Waals surface area contributed by atoms with E-state index < -0.39 is 5.82 Å². The summed E-state index contributed by atoms with van der Waals surface area (Å²) in [6.45, 7) is 0.499. The van der Waals surface area contributed by atoms with Crippen LogP contribution in [0.15, 0.2) is 85.5 Å². The normalized spacial score (nSPS) is 10.9. The van der Waals surface area contributed by atoms with Crippen molar-refractivity contribution in [3.63, 3.8) is 0 Å². The minimum atomic E-state index is -0.542. The number of halogens is 1. The fourth-order valence-corrected chi connectivity index (χ4v) is 2.75. The van der Waals surface area contributed by atoms with Gasteiger partial charge in [0.25, 0.3) is 0 Å². The number of nitrogens with one attached hydrogen (secondary N) is 1. The zero-order valence-electron chi connectivity index (χ0n) is 16.4. The van der Waals surface area contributed by atoms with E-state index in [-0.39, 0.29) is 11.7 Å². The molecule has 0 saturated heterocycles. The Labute approximate surface area is 177 Å². The molecule has 0 aliphatic rings. The molecule has 0 spiro atoms. The van der Waals surface area contributed by atoms with Crippen molar-refractivity contribution >= 4 is 17.8 Å². The van der Waals surface area contributed by atoms with Crippen molar-refractivity contribution in [2.45, 2.75) is 6.54 Å². The second kappa shape index (κ2) is 9.45. The highest BCUT2D eigenvalue weighted by atomic mass is 19.1. The van der Waals surface area contributed by atoms with Crippen LogP contribution in [0.25, 0.3) is 6.08 Å². The fraction of sp³-hybridized carbons (Fsp3) is 0.0435. The monoisotopic (exact) mass is 415 g/mol. The molecule has 4 aromatic rings. The van der Waals surface area contributed by atoms with Gasteiger partial charge in [0.15, 0.2) is 17.4 Å². The van der Waals surface area contributed by atoms with E-state index >= 15 is 0 Å². The van der Waals surface area contributed by atoms with Gasteiger partial charge < -0.3 is 10.1 Å². The maximum absolute atomic E-state index is 14.3. The molecule has 1 aromatic carbocycles. The van der Waals surface area contributed by atoms with Crippen LogP contribution < -0.4 is 10.1 Å². The zero-order chi connectivity index (χ0) is 21.5. The molecular formula is C23H18FN5O2. The lowest BCUT2D eigenvalue weighted by Gasteiger charge is -2.06. The lowest BCUT2D eigenvalue weighted by Crippen LogP contribution is -2.09. The Bertz CT molecular complexity index is 1190. The van der Waals surface area contributed by atoms with Crippen LogP contribution in [0.1, 0.15) is 11.3 Å². The maximum atomic E-state index is 14.3. The number of rotatable bonds is 7. The van der Waals surface area contributed by atoms with E-state index in [1.54, 1.807) is 47.5 Å². The van der Waals surface area contributed by atoms with Gasteiger partial charge in [0.2, 0.25) is 5.91 Å². The molecule has 31 heavy (non-hydrogen) atoms. The number of amides is 1. The Balaban J connectivity index is 1.34. The number of anilines is 1. The summed E-state index contributed by atoms with van der Waals surface area (Å²) in [6, 6.07) is 15.2.